The third-order valence-electron chi connectivity index (χ3n) is 11.5. The Balaban J connectivity index is 0.000000201. The summed E-state index contributed by atoms with van der Waals surface area (Å²) in [4.78, 5) is 42.0. The molecule has 0 saturated heterocycles. The van der Waals surface area contributed by atoms with Crippen molar-refractivity contribution in [3.05, 3.63) is 173 Å². The second-order valence-electron chi connectivity index (χ2n) is 16.4. The molecule has 21 heteroatoms. The smallest absolute Gasteiger partial charge is 0.433 e. The van der Waals surface area contributed by atoms with Crippen LogP contribution in [0.15, 0.2) is 134 Å². The number of esters is 2. The SMILES string of the molecule is COC(=O)c1cc(-c2cccc(C(C)N)n2)cc2c1cnn2-c1cccc(C(F)(F)F)n1.COC(=O)c1cc(-c2cccc(C(C)NCc3ccc(OC)cc3)n2)cc2c1cnn2-c1cccc(C(F)(F)F)n1. The molecular weight excluding hydrogens is 959 g/mol. The number of methoxy groups -OCH3 is 3. The van der Waals surface area contributed by atoms with E-state index in [1.807, 2.05) is 43.3 Å². The summed E-state index contributed by atoms with van der Waals surface area (Å²) in [5.41, 5.74) is 9.72. The molecule has 3 aromatic carbocycles. The Morgan fingerprint density at radius 3 is 1.49 bits per heavy atom. The van der Waals surface area contributed by atoms with Crippen LogP contribution in [0.5, 0.6) is 5.75 Å². The van der Waals surface area contributed by atoms with Gasteiger partial charge >= 0.3 is 24.3 Å². The molecule has 9 rings (SSSR count). The van der Waals surface area contributed by atoms with Crippen molar-refractivity contribution in [3.8, 4) is 39.9 Å². The lowest BCUT2D eigenvalue weighted by Gasteiger charge is -2.15. The number of nitrogens with two attached hydrogens (primary N) is 1. The lowest BCUT2D eigenvalue weighted by molar-refractivity contribution is -0.141. The molecule has 0 spiro atoms. The minimum absolute atomic E-state index is 0.0409. The Hall–Kier alpha value is -8.56. The highest BCUT2D eigenvalue weighted by Gasteiger charge is 2.34. The number of nitrogens with one attached hydrogen (secondary N) is 1. The highest BCUT2D eigenvalue weighted by Crippen LogP contribution is 2.34. The summed E-state index contributed by atoms with van der Waals surface area (Å²) in [6.45, 7) is 4.40. The standard InChI is InChI=1S/C30H26F3N5O3.C22H18F3N5O2/c1-18(34-16-19-10-12-21(40-2)13-11-19)24-6-4-7-25(36-24)20-14-22(29(39)41-3)23-17-35-38(26(23)15-20)28-9-5-8-27(37-28)30(31,32)33;1-12(26)16-5-3-6-17(28-16)13-9-14(21(31)32-2)15-11-27-30(18(15)10-13)20-8-4-7-19(29-20)22(23,24)25/h4-15,17-18,34H,16H2,1-3H3;3-12H,26H2,1-2H3. The molecule has 15 nitrogen and oxygen atoms in total. The fourth-order valence-corrected chi connectivity index (χ4v) is 7.71. The predicted molar refractivity (Wildman–Crippen MR) is 258 cm³/mol. The number of fused-ring (bicyclic) bond motifs is 2. The summed E-state index contributed by atoms with van der Waals surface area (Å²) in [6, 6.07) is 32.0. The van der Waals surface area contributed by atoms with Crippen LogP contribution in [0.25, 0.3) is 56.0 Å². The fraction of sp³-hybridized carbons (Fsp3) is 0.192. The predicted octanol–water partition coefficient (Wildman–Crippen LogP) is 10.5. The van der Waals surface area contributed by atoms with E-state index in [0.717, 1.165) is 29.1 Å². The molecule has 73 heavy (non-hydrogen) atoms. The van der Waals surface area contributed by atoms with E-state index >= 15 is 0 Å². The average molecular weight is 1000 g/mol. The number of rotatable bonds is 12. The van der Waals surface area contributed by atoms with E-state index in [9.17, 15) is 35.9 Å². The summed E-state index contributed by atoms with van der Waals surface area (Å²) in [6.07, 6.45) is -6.43. The third kappa shape index (κ3) is 11.2. The lowest BCUT2D eigenvalue weighted by Crippen LogP contribution is -2.19. The molecule has 0 fully saturated rings. The Bertz CT molecular complexity index is 3470. The molecule has 6 heterocycles. The molecule has 6 aromatic heterocycles. The molecule has 0 saturated carbocycles. The number of alkyl halides is 6. The summed E-state index contributed by atoms with van der Waals surface area (Å²) < 4.78 is 97.1. The molecule has 0 bridgehead atoms. The van der Waals surface area contributed by atoms with Gasteiger partial charge in [-0.1, -0.05) is 36.4 Å². The topological polar surface area (TPSA) is 187 Å². The summed E-state index contributed by atoms with van der Waals surface area (Å²) in [5, 5.41) is 12.7. The monoisotopic (exact) mass is 1000 g/mol. The number of carbonyl (C=O) groups excluding carboxylic acids is 2. The first-order valence-corrected chi connectivity index (χ1v) is 22.2. The Morgan fingerprint density at radius 2 is 1.05 bits per heavy atom. The molecule has 0 amide bonds. The van der Waals surface area contributed by atoms with Crippen molar-refractivity contribution in [2.45, 2.75) is 44.8 Å². The van der Waals surface area contributed by atoms with Gasteiger partial charge in [0.15, 0.2) is 11.6 Å². The third-order valence-corrected chi connectivity index (χ3v) is 11.5. The number of carbonyl (C=O) groups is 2. The number of aromatic nitrogens is 8. The second kappa shape index (κ2) is 21.0. The van der Waals surface area contributed by atoms with Crippen LogP contribution in [0.2, 0.25) is 0 Å². The zero-order chi connectivity index (χ0) is 52.2. The highest BCUT2D eigenvalue weighted by atomic mass is 19.4. The molecular formula is C52H44F6N10O5. The maximum atomic E-state index is 13.3. The minimum Gasteiger partial charge on any atom is -0.497 e. The number of hydrogen-bond acceptors (Lipinski definition) is 13. The van der Waals surface area contributed by atoms with Crippen molar-refractivity contribution in [2.75, 3.05) is 21.3 Å². The molecule has 2 unspecified atom stereocenters. The number of pyridine rings is 4. The van der Waals surface area contributed by atoms with Crippen molar-refractivity contribution in [1.29, 1.82) is 0 Å². The van der Waals surface area contributed by atoms with Gasteiger partial charge in [-0.15, -0.1) is 0 Å². The summed E-state index contributed by atoms with van der Waals surface area (Å²) in [5.74, 6) is -0.526. The number of halogens is 6. The average Bonchev–Trinajstić information content (AvgIpc) is 4.04. The van der Waals surface area contributed by atoms with Gasteiger partial charge in [0.25, 0.3) is 0 Å². The van der Waals surface area contributed by atoms with Gasteiger partial charge in [-0.25, -0.2) is 28.9 Å². The molecule has 9 aromatic rings. The van der Waals surface area contributed by atoms with Crippen molar-refractivity contribution in [2.24, 2.45) is 5.73 Å². The Labute approximate surface area is 412 Å². The summed E-state index contributed by atoms with van der Waals surface area (Å²) in [7, 11) is 4.12. The van der Waals surface area contributed by atoms with Gasteiger partial charge in [-0.05, 0) is 104 Å². The van der Waals surface area contributed by atoms with Crippen molar-refractivity contribution in [1.82, 2.24) is 44.8 Å². The summed E-state index contributed by atoms with van der Waals surface area (Å²) >= 11 is 0. The van der Waals surface area contributed by atoms with Gasteiger partial charge in [0.05, 0.1) is 78.7 Å². The highest BCUT2D eigenvalue weighted by molar-refractivity contribution is 6.06. The molecule has 0 aliphatic heterocycles. The van der Waals surface area contributed by atoms with Crippen LogP contribution in [0.1, 0.15) is 75.0 Å². The first-order valence-electron chi connectivity index (χ1n) is 22.2. The van der Waals surface area contributed by atoms with E-state index in [0.29, 0.717) is 56.6 Å². The van der Waals surface area contributed by atoms with Crippen molar-refractivity contribution in [3.63, 3.8) is 0 Å². The van der Waals surface area contributed by atoms with E-state index in [1.54, 1.807) is 62.6 Å². The van der Waals surface area contributed by atoms with Gasteiger partial charge < -0.3 is 25.3 Å². The zero-order valence-electron chi connectivity index (χ0n) is 39.5. The maximum absolute atomic E-state index is 13.3. The Kier molecular flexibility index (Phi) is 14.6. The number of benzene rings is 3. The van der Waals surface area contributed by atoms with Crippen molar-refractivity contribution < 1.29 is 50.1 Å². The normalized spacial score (nSPS) is 12.5. The molecule has 0 aliphatic rings. The van der Waals surface area contributed by atoms with E-state index in [1.165, 1.54) is 60.2 Å². The molecule has 374 valence electrons. The van der Waals surface area contributed by atoms with E-state index in [4.69, 9.17) is 24.9 Å². The van der Waals surface area contributed by atoms with E-state index in [-0.39, 0.29) is 34.8 Å². The maximum Gasteiger partial charge on any atom is 0.433 e. The number of ether oxygens (including phenoxy) is 3. The van der Waals surface area contributed by atoms with Gasteiger partial charge in [-0.2, -0.15) is 36.5 Å². The number of nitrogens with zero attached hydrogens (tertiary/aromatic N) is 8. The van der Waals surface area contributed by atoms with Crippen LogP contribution in [0.4, 0.5) is 26.3 Å². The zero-order valence-corrected chi connectivity index (χ0v) is 39.5. The first-order chi connectivity index (χ1) is 34.9. The van der Waals surface area contributed by atoms with Gasteiger partial charge in [0.2, 0.25) is 0 Å². The number of hydrogen-bond donors (Lipinski definition) is 2. The molecule has 2 atom stereocenters. The van der Waals surface area contributed by atoms with Crippen LogP contribution in [0, 0.1) is 0 Å². The molecule has 3 N–H and O–H groups in total. The van der Waals surface area contributed by atoms with Crippen LogP contribution in [0.3, 0.4) is 0 Å². The van der Waals surface area contributed by atoms with Crippen LogP contribution in [-0.4, -0.2) is 72.8 Å². The quantitative estimate of drug-likeness (QED) is 0.0870. The van der Waals surface area contributed by atoms with E-state index in [2.05, 4.69) is 30.5 Å². The minimum atomic E-state index is -4.62. The van der Waals surface area contributed by atoms with Gasteiger partial charge in [0.1, 0.15) is 17.1 Å². The van der Waals surface area contributed by atoms with Crippen LogP contribution < -0.4 is 15.8 Å². The van der Waals surface area contributed by atoms with Gasteiger partial charge in [-0.3, -0.25) is 9.97 Å². The van der Waals surface area contributed by atoms with Crippen molar-refractivity contribution >= 4 is 33.7 Å². The van der Waals surface area contributed by atoms with Gasteiger partial charge in [0, 0.05) is 40.5 Å². The molecule has 0 radical (unpaired) electrons. The second-order valence-corrected chi connectivity index (χ2v) is 16.4. The fourth-order valence-electron chi connectivity index (χ4n) is 7.71. The Morgan fingerprint density at radius 1 is 0.603 bits per heavy atom. The largest absolute Gasteiger partial charge is 0.497 e. The van der Waals surface area contributed by atoms with Crippen LogP contribution in [-0.2, 0) is 28.4 Å². The molecule has 0 aliphatic carbocycles. The lowest BCUT2D eigenvalue weighted by atomic mass is 10.0. The first kappa shape index (κ1) is 50.8. The van der Waals surface area contributed by atoms with E-state index < -0.39 is 35.7 Å². The van der Waals surface area contributed by atoms with Crippen LogP contribution >= 0.6 is 0 Å².